The molecular formula is C31H37NO2. The number of hydrogen-bond donors (Lipinski definition) is 0. The summed E-state index contributed by atoms with van der Waals surface area (Å²) in [4.78, 5) is 2.34. The summed E-state index contributed by atoms with van der Waals surface area (Å²) in [7, 11) is 0. The van der Waals surface area contributed by atoms with Crippen LogP contribution in [0.1, 0.15) is 44.4 Å². The lowest BCUT2D eigenvalue weighted by molar-refractivity contribution is 0.258. The summed E-state index contributed by atoms with van der Waals surface area (Å²) >= 11 is 0. The maximum absolute atomic E-state index is 6.10. The predicted octanol–water partition coefficient (Wildman–Crippen LogP) is 8.15. The van der Waals surface area contributed by atoms with Gasteiger partial charge in [0.25, 0.3) is 0 Å². The number of ether oxygens (including phenoxy) is 2. The summed E-state index contributed by atoms with van der Waals surface area (Å²) in [6.07, 6.45) is 0.737. The van der Waals surface area contributed by atoms with Crippen molar-refractivity contribution in [3.63, 3.8) is 0 Å². The number of hydrogen-bond acceptors (Lipinski definition) is 3. The van der Waals surface area contributed by atoms with Gasteiger partial charge in [-0.2, -0.15) is 0 Å². The molecule has 0 aliphatic rings. The van der Waals surface area contributed by atoms with E-state index in [2.05, 4.69) is 74.4 Å². The smallest absolute Gasteiger partial charge is 0.122 e. The Morgan fingerprint density at radius 1 is 0.941 bits per heavy atom. The van der Waals surface area contributed by atoms with Crippen molar-refractivity contribution in [1.82, 2.24) is 0 Å². The largest absolute Gasteiger partial charge is 0.494 e. The molecule has 0 N–H and O–H groups in total. The molecule has 1 atom stereocenters. The molecule has 3 aromatic rings. The molecule has 0 aliphatic heterocycles. The van der Waals surface area contributed by atoms with Gasteiger partial charge in [-0.05, 0) is 99.2 Å². The van der Waals surface area contributed by atoms with Gasteiger partial charge in [0.05, 0.1) is 6.61 Å². The van der Waals surface area contributed by atoms with E-state index in [0.717, 1.165) is 46.9 Å². The van der Waals surface area contributed by atoms with Gasteiger partial charge in [0, 0.05) is 24.0 Å². The van der Waals surface area contributed by atoms with Crippen LogP contribution in [-0.2, 0) is 6.42 Å². The molecule has 3 heteroatoms. The minimum atomic E-state index is -0.0303. The Morgan fingerprint density at radius 3 is 2.32 bits per heavy atom. The van der Waals surface area contributed by atoms with E-state index >= 15 is 0 Å². The van der Waals surface area contributed by atoms with Crippen molar-refractivity contribution in [2.75, 3.05) is 18.1 Å². The molecule has 3 nitrogen and oxygen atoms in total. The van der Waals surface area contributed by atoms with Crippen molar-refractivity contribution >= 4 is 16.9 Å². The van der Waals surface area contributed by atoms with Gasteiger partial charge in [-0.15, -0.1) is 0 Å². The van der Waals surface area contributed by atoms with Crippen LogP contribution in [-0.4, -0.2) is 19.3 Å². The number of nitrogens with zero attached hydrogens (tertiary/aromatic N) is 1. The number of allylic oxidation sites excluding steroid dienone is 1. The van der Waals surface area contributed by atoms with Crippen LogP contribution in [0.5, 0.6) is 11.5 Å². The maximum atomic E-state index is 6.10. The molecule has 0 heterocycles. The summed E-state index contributed by atoms with van der Waals surface area (Å²) in [6.45, 7) is 20.2. The number of aryl methyl sites for hydroxylation is 1. The molecule has 0 saturated carbocycles. The highest BCUT2D eigenvalue weighted by Crippen LogP contribution is 2.34. The normalized spacial score (nSPS) is 11.6. The third-order valence-corrected chi connectivity index (χ3v) is 5.96. The van der Waals surface area contributed by atoms with E-state index < -0.39 is 0 Å². The van der Waals surface area contributed by atoms with Gasteiger partial charge in [0.15, 0.2) is 0 Å². The summed E-state index contributed by atoms with van der Waals surface area (Å²) in [5.41, 5.74) is 7.98. The number of anilines is 2. The van der Waals surface area contributed by atoms with Crippen LogP contribution in [0.15, 0.2) is 85.5 Å². The average Bonchev–Trinajstić information content (AvgIpc) is 2.82. The second-order valence-electron chi connectivity index (χ2n) is 8.72. The zero-order chi connectivity index (χ0) is 24.7. The van der Waals surface area contributed by atoms with Crippen LogP contribution in [0.2, 0.25) is 0 Å². The SMILES string of the molecule is C=C(Cc1ccc(C)cc1N(CC)c1cccc(OC(C)C(=C)C)c1)c1ccc(OCC)cc1. The molecule has 0 spiro atoms. The van der Waals surface area contributed by atoms with Crippen LogP contribution in [0.25, 0.3) is 5.57 Å². The van der Waals surface area contributed by atoms with Gasteiger partial charge in [0.1, 0.15) is 17.6 Å². The first-order valence-electron chi connectivity index (χ1n) is 12.0. The molecule has 0 aromatic heterocycles. The first kappa shape index (κ1) is 25.2. The van der Waals surface area contributed by atoms with Crippen LogP contribution in [0.3, 0.4) is 0 Å². The predicted molar refractivity (Wildman–Crippen MR) is 146 cm³/mol. The van der Waals surface area contributed by atoms with Gasteiger partial charge in [0.2, 0.25) is 0 Å². The minimum Gasteiger partial charge on any atom is -0.494 e. The van der Waals surface area contributed by atoms with Crippen molar-refractivity contribution in [1.29, 1.82) is 0 Å². The molecule has 0 bridgehead atoms. The van der Waals surface area contributed by atoms with Crippen molar-refractivity contribution in [2.45, 2.75) is 47.1 Å². The van der Waals surface area contributed by atoms with Crippen molar-refractivity contribution in [3.8, 4) is 11.5 Å². The Bertz CT molecular complexity index is 1130. The zero-order valence-electron chi connectivity index (χ0n) is 21.2. The van der Waals surface area contributed by atoms with Gasteiger partial charge < -0.3 is 14.4 Å². The minimum absolute atomic E-state index is 0.0303. The summed E-state index contributed by atoms with van der Waals surface area (Å²) in [6, 6.07) is 23.1. The van der Waals surface area contributed by atoms with Crippen molar-refractivity contribution in [3.05, 3.63) is 102 Å². The van der Waals surface area contributed by atoms with Gasteiger partial charge >= 0.3 is 0 Å². The van der Waals surface area contributed by atoms with Crippen LogP contribution in [0.4, 0.5) is 11.4 Å². The van der Waals surface area contributed by atoms with Crippen LogP contribution in [0, 0.1) is 6.92 Å². The molecule has 3 rings (SSSR count). The van der Waals surface area contributed by atoms with Crippen molar-refractivity contribution < 1.29 is 9.47 Å². The fraction of sp³-hybridized carbons (Fsp3) is 0.290. The zero-order valence-corrected chi connectivity index (χ0v) is 21.2. The Labute approximate surface area is 205 Å². The monoisotopic (exact) mass is 455 g/mol. The maximum Gasteiger partial charge on any atom is 0.122 e. The van der Waals surface area contributed by atoms with Gasteiger partial charge in [-0.25, -0.2) is 0 Å². The third kappa shape index (κ3) is 6.32. The van der Waals surface area contributed by atoms with E-state index in [1.54, 1.807) is 0 Å². The van der Waals surface area contributed by atoms with Crippen LogP contribution >= 0.6 is 0 Å². The molecule has 0 saturated heterocycles. The second kappa shape index (κ2) is 11.6. The van der Waals surface area contributed by atoms with E-state index in [-0.39, 0.29) is 6.10 Å². The first-order chi connectivity index (χ1) is 16.3. The topological polar surface area (TPSA) is 21.7 Å². The summed E-state index contributed by atoms with van der Waals surface area (Å²) in [5.74, 6) is 1.73. The van der Waals surface area contributed by atoms with Crippen LogP contribution < -0.4 is 14.4 Å². The van der Waals surface area contributed by atoms with E-state index in [1.165, 1.54) is 16.8 Å². The molecule has 3 aromatic carbocycles. The van der Waals surface area contributed by atoms with E-state index in [4.69, 9.17) is 9.47 Å². The highest BCUT2D eigenvalue weighted by molar-refractivity contribution is 5.73. The molecule has 0 aliphatic carbocycles. The third-order valence-electron chi connectivity index (χ3n) is 5.96. The average molecular weight is 456 g/mol. The fourth-order valence-corrected chi connectivity index (χ4v) is 3.88. The number of rotatable bonds is 11. The Kier molecular flexibility index (Phi) is 8.59. The molecule has 1 unspecified atom stereocenters. The Morgan fingerprint density at radius 2 is 1.68 bits per heavy atom. The highest BCUT2D eigenvalue weighted by atomic mass is 16.5. The molecule has 0 amide bonds. The molecule has 34 heavy (non-hydrogen) atoms. The molecule has 0 radical (unpaired) electrons. The fourth-order valence-electron chi connectivity index (χ4n) is 3.88. The van der Waals surface area contributed by atoms with E-state index in [1.807, 2.05) is 45.0 Å². The summed E-state index contributed by atoms with van der Waals surface area (Å²) < 4.78 is 11.7. The highest BCUT2D eigenvalue weighted by Gasteiger charge is 2.15. The molecule has 178 valence electrons. The lowest BCUT2D eigenvalue weighted by Gasteiger charge is -2.27. The lowest BCUT2D eigenvalue weighted by Crippen LogP contribution is -2.18. The van der Waals surface area contributed by atoms with E-state index in [9.17, 15) is 0 Å². The van der Waals surface area contributed by atoms with Gasteiger partial charge in [-0.1, -0.05) is 43.5 Å². The van der Waals surface area contributed by atoms with Gasteiger partial charge in [-0.3, -0.25) is 0 Å². The second-order valence-corrected chi connectivity index (χ2v) is 8.72. The Balaban J connectivity index is 1.89. The quantitative estimate of drug-likeness (QED) is 0.272. The Hall–Kier alpha value is -3.46. The first-order valence-corrected chi connectivity index (χ1v) is 12.0. The molecular weight excluding hydrogens is 418 g/mol. The summed E-state index contributed by atoms with van der Waals surface area (Å²) in [5, 5.41) is 0. The van der Waals surface area contributed by atoms with E-state index in [0.29, 0.717) is 6.61 Å². The lowest BCUT2D eigenvalue weighted by atomic mass is 9.96. The molecule has 0 fully saturated rings. The van der Waals surface area contributed by atoms with Crippen molar-refractivity contribution in [2.24, 2.45) is 0 Å². The number of benzene rings is 3. The standard InChI is InChI=1S/C31H37NO2/c1-8-32(28-11-10-12-30(21-28)34-25(7)22(3)4)31-19-23(5)13-14-27(31)20-24(6)26-15-17-29(18-16-26)33-9-2/h10-19,21,25H,3,6,8-9,20H2,1-2,4-5,7H3.